The molecule has 4 aromatic heterocycles. The number of esters is 2. The smallest absolute Gasteiger partial charge is 0.350 e. The van der Waals surface area contributed by atoms with Gasteiger partial charge < -0.3 is 50.5 Å². The molecule has 2 atom stereocenters. The van der Waals surface area contributed by atoms with E-state index in [1.807, 2.05) is 0 Å². The fraction of sp³-hybridized carbons (Fsp3) is 0.200. The molecule has 26 nitrogen and oxygen atoms in total. The second-order valence-corrected chi connectivity index (χ2v) is 16.1. The molecule has 0 saturated carbocycles. The van der Waals surface area contributed by atoms with Gasteiger partial charge in [0.05, 0.1) is 14.2 Å². The Hall–Kier alpha value is -10.5. The van der Waals surface area contributed by atoms with Gasteiger partial charge in [0.25, 0.3) is 11.9 Å². The molecule has 404 valence electrons. The van der Waals surface area contributed by atoms with Crippen molar-refractivity contribution in [3.05, 3.63) is 176 Å². The minimum Gasteiger partial charge on any atom is -0.497 e. The van der Waals surface area contributed by atoms with Crippen LogP contribution in [0.2, 0.25) is 0 Å². The molecule has 0 fully saturated rings. The maximum absolute atomic E-state index is 15.9. The van der Waals surface area contributed by atoms with E-state index in [1.54, 1.807) is 60.7 Å². The number of amidine groups is 2. The number of carbonyl (C=O) groups is 2. The van der Waals surface area contributed by atoms with Gasteiger partial charge in [-0.2, -0.15) is 0 Å². The number of ether oxygens (including phenoxy) is 6. The number of nitrogen functional groups attached to an aromatic ring is 2. The molecule has 0 aliphatic heterocycles. The van der Waals surface area contributed by atoms with Gasteiger partial charge in [0, 0.05) is 84.4 Å². The summed E-state index contributed by atoms with van der Waals surface area (Å²) in [6.07, 6.45) is 5.82. The molecular weight excluding hydrogens is 1020 g/mol. The highest BCUT2D eigenvalue weighted by atomic mass is 19.1. The Morgan fingerprint density at radius 3 is 1.28 bits per heavy atom. The Morgan fingerprint density at radius 2 is 0.962 bits per heavy atom. The number of benzene rings is 4. The maximum atomic E-state index is 15.9. The van der Waals surface area contributed by atoms with Crippen molar-refractivity contribution in [1.82, 2.24) is 49.5 Å². The minimum atomic E-state index is -1.06. The molecule has 28 heteroatoms. The average molecular weight is 1070 g/mol. The number of rotatable bonds is 22. The number of nitrogens with two attached hydrogens (primary N) is 2. The number of hydrogen-bond donors (Lipinski definition) is 8. The summed E-state index contributed by atoms with van der Waals surface area (Å²) in [4.78, 5) is 69.1. The molecule has 78 heavy (non-hydrogen) atoms. The number of hydrogen-bond acceptors (Lipinski definition) is 20. The summed E-state index contributed by atoms with van der Waals surface area (Å²) in [7, 11) is 2.82. The third-order valence-corrected chi connectivity index (χ3v) is 10.8. The van der Waals surface area contributed by atoms with Gasteiger partial charge >= 0.3 is 23.3 Å². The fourth-order valence-corrected chi connectivity index (χ4v) is 7.15. The largest absolute Gasteiger partial charge is 0.497 e. The Labute approximate surface area is 440 Å². The second-order valence-electron chi connectivity index (χ2n) is 16.1. The predicted molar refractivity (Wildman–Crippen MR) is 276 cm³/mol. The molecular formula is C50H50F2N16O10. The molecule has 0 amide bonds. The van der Waals surface area contributed by atoms with Gasteiger partial charge in [-0.15, -0.1) is 19.6 Å². The third kappa shape index (κ3) is 14.0. The van der Waals surface area contributed by atoms with E-state index in [4.69, 9.17) is 50.7 Å². The van der Waals surface area contributed by atoms with E-state index >= 15 is 8.78 Å². The molecule has 0 radical (unpaired) electrons. The SMILES string of the molecule is COc1cc(OCCOC(C)=O)c(F)c(C(Nc2ccc(C(=N)N)cc2)c2nn(-c3ncccn3)c(=O)[nH]2)c1.COc1cc(OCCOC(C)=O)c(F)c([C@H](Nc2ccc(C(=N)N)cc2)c2nn(-c3ncccn3)c(=O)[nH]2)c1. The van der Waals surface area contributed by atoms with Crippen molar-refractivity contribution in [1.29, 1.82) is 10.8 Å². The molecule has 10 N–H and O–H groups in total. The van der Waals surface area contributed by atoms with Crippen LogP contribution < -0.4 is 52.4 Å². The molecule has 1 unspecified atom stereocenters. The van der Waals surface area contributed by atoms with E-state index in [-0.39, 0.29) is 95.8 Å². The number of methoxy groups -OCH3 is 2. The van der Waals surface area contributed by atoms with Crippen LogP contribution in [-0.4, -0.2) is 114 Å². The highest BCUT2D eigenvalue weighted by molar-refractivity contribution is 5.95. The van der Waals surface area contributed by atoms with Crippen molar-refractivity contribution in [3.63, 3.8) is 0 Å². The predicted octanol–water partition coefficient (Wildman–Crippen LogP) is 3.85. The van der Waals surface area contributed by atoms with Gasteiger partial charge in [0.1, 0.15) is 61.7 Å². The van der Waals surface area contributed by atoms with Crippen LogP contribution in [-0.2, 0) is 19.1 Å². The quantitative estimate of drug-likeness (QED) is 0.0207. The lowest BCUT2D eigenvalue weighted by Crippen LogP contribution is -2.18. The molecule has 0 aliphatic carbocycles. The van der Waals surface area contributed by atoms with Gasteiger partial charge in [0.2, 0.25) is 0 Å². The second kappa shape index (κ2) is 25.6. The topological polar surface area (TPSA) is 366 Å². The Bertz CT molecular complexity index is 3270. The molecule has 0 aliphatic rings. The first kappa shape index (κ1) is 55.2. The zero-order chi connectivity index (χ0) is 55.9. The average Bonchev–Trinajstić information content (AvgIpc) is 4.11. The summed E-state index contributed by atoms with van der Waals surface area (Å²) in [5.74, 6) is -2.40. The monoisotopic (exact) mass is 1070 g/mol. The van der Waals surface area contributed by atoms with E-state index in [1.165, 1.54) is 77.1 Å². The maximum Gasteiger partial charge on any atom is 0.350 e. The van der Waals surface area contributed by atoms with E-state index in [0.29, 0.717) is 22.5 Å². The van der Waals surface area contributed by atoms with E-state index in [2.05, 4.69) is 50.7 Å². The number of aromatic nitrogens is 10. The summed E-state index contributed by atoms with van der Waals surface area (Å²) in [6.45, 7) is 2.13. The van der Waals surface area contributed by atoms with E-state index in [0.717, 1.165) is 9.36 Å². The van der Waals surface area contributed by atoms with E-state index in [9.17, 15) is 19.2 Å². The molecule has 4 heterocycles. The number of nitrogens with zero attached hydrogens (tertiary/aromatic N) is 8. The van der Waals surface area contributed by atoms with Crippen LogP contribution in [0.4, 0.5) is 20.2 Å². The molecule has 4 aromatic carbocycles. The number of halogens is 2. The van der Waals surface area contributed by atoms with Crippen LogP contribution >= 0.6 is 0 Å². The molecule has 0 spiro atoms. The summed E-state index contributed by atoms with van der Waals surface area (Å²) < 4.78 is 65.2. The van der Waals surface area contributed by atoms with Crippen LogP contribution in [0.1, 0.15) is 59.8 Å². The number of anilines is 2. The molecule has 8 rings (SSSR count). The highest BCUT2D eigenvalue weighted by Crippen LogP contribution is 2.37. The Balaban J connectivity index is 0.000000226. The fourth-order valence-electron chi connectivity index (χ4n) is 7.15. The van der Waals surface area contributed by atoms with Crippen LogP contribution in [0.5, 0.6) is 23.0 Å². The van der Waals surface area contributed by atoms with Gasteiger partial charge in [-0.25, -0.2) is 38.3 Å². The van der Waals surface area contributed by atoms with Gasteiger partial charge in [-0.05, 0) is 72.8 Å². The first-order valence-corrected chi connectivity index (χ1v) is 23.2. The number of carbonyl (C=O) groups excluding carboxylic acids is 2. The summed E-state index contributed by atoms with van der Waals surface area (Å²) in [5, 5.41) is 30.2. The van der Waals surface area contributed by atoms with Crippen LogP contribution in [0.3, 0.4) is 0 Å². The zero-order valence-electron chi connectivity index (χ0n) is 41.9. The lowest BCUT2D eigenvalue weighted by atomic mass is 10.0. The van der Waals surface area contributed by atoms with Crippen molar-refractivity contribution in [2.45, 2.75) is 25.9 Å². The summed E-state index contributed by atoms with van der Waals surface area (Å²) >= 11 is 0. The third-order valence-electron chi connectivity index (χ3n) is 10.8. The number of aromatic amines is 2. The molecule has 0 saturated heterocycles. The highest BCUT2D eigenvalue weighted by Gasteiger charge is 2.29. The van der Waals surface area contributed by atoms with Crippen molar-refractivity contribution >= 4 is 35.0 Å². The van der Waals surface area contributed by atoms with Crippen LogP contribution in [0, 0.1) is 22.5 Å². The van der Waals surface area contributed by atoms with Gasteiger partial charge in [-0.1, -0.05) is 0 Å². The summed E-state index contributed by atoms with van der Waals surface area (Å²) in [5.41, 5.74) is 11.9. The first-order valence-electron chi connectivity index (χ1n) is 23.2. The number of H-pyrrole nitrogens is 2. The Kier molecular flexibility index (Phi) is 18.1. The Morgan fingerprint density at radius 1 is 0.603 bits per heavy atom. The normalized spacial score (nSPS) is 11.5. The van der Waals surface area contributed by atoms with Gasteiger partial charge in [0.15, 0.2) is 34.8 Å². The molecule has 8 aromatic rings. The van der Waals surface area contributed by atoms with Crippen LogP contribution in [0.25, 0.3) is 11.9 Å². The standard InChI is InChI=1S/2C25H25FN8O5/c2*1-14(35)38-10-11-39-19-13-17(37-2)12-18(20(19)26)21(31-16-6-4-15(5-7-16)22(27)28)23-32-25(36)34(33-23)24-29-8-3-9-30-24/h2*3-9,12-13,21,31H,10-11H2,1-2H3,(H3,27,28)(H,32,33,36)/t21-;/m0./s1. The zero-order valence-corrected chi connectivity index (χ0v) is 41.9. The van der Waals surface area contributed by atoms with Crippen molar-refractivity contribution in [3.8, 4) is 34.9 Å². The minimum absolute atomic E-state index is 0.0233. The van der Waals surface area contributed by atoms with Crippen LogP contribution in [0.15, 0.2) is 119 Å². The summed E-state index contributed by atoms with van der Waals surface area (Å²) in [6, 6.07) is 19.7. The van der Waals surface area contributed by atoms with Crippen molar-refractivity contribution < 1.29 is 46.8 Å². The van der Waals surface area contributed by atoms with Crippen molar-refractivity contribution in [2.75, 3.05) is 51.3 Å². The van der Waals surface area contributed by atoms with Crippen molar-refractivity contribution in [2.24, 2.45) is 11.5 Å². The lowest BCUT2D eigenvalue weighted by Gasteiger charge is -2.21. The molecule has 0 bridgehead atoms. The first-order chi connectivity index (χ1) is 37.5. The van der Waals surface area contributed by atoms with Gasteiger partial charge in [-0.3, -0.25) is 30.4 Å². The number of nitrogens with one attached hydrogen (secondary N) is 6. The van der Waals surface area contributed by atoms with E-state index < -0.39 is 47.0 Å². The lowest BCUT2D eigenvalue weighted by molar-refractivity contribution is -0.142.